The minimum absolute atomic E-state index is 0.273. The van der Waals surface area contributed by atoms with Gasteiger partial charge in [0.15, 0.2) is 0 Å². The van der Waals surface area contributed by atoms with Gasteiger partial charge < -0.3 is 14.8 Å². The SMILES string of the molecule is Cn1cnnc1CCN1C(=O)C[C@H]2NCC[C@H]21. The Bertz CT molecular complexity index is 429. The van der Waals surface area contributed by atoms with E-state index < -0.39 is 0 Å². The van der Waals surface area contributed by atoms with Crippen LogP contribution in [0.1, 0.15) is 18.7 Å². The maximum atomic E-state index is 11.9. The van der Waals surface area contributed by atoms with E-state index in [1.807, 2.05) is 16.5 Å². The van der Waals surface area contributed by atoms with Gasteiger partial charge in [0.1, 0.15) is 12.2 Å². The van der Waals surface area contributed by atoms with Crippen LogP contribution in [0.5, 0.6) is 0 Å². The van der Waals surface area contributed by atoms with Crippen LogP contribution in [0.25, 0.3) is 0 Å². The summed E-state index contributed by atoms with van der Waals surface area (Å²) in [6.45, 7) is 1.79. The zero-order chi connectivity index (χ0) is 11.8. The molecule has 0 radical (unpaired) electrons. The highest BCUT2D eigenvalue weighted by molar-refractivity contribution is 5.80. The maximum absolute atomic E-state index is 11.9. The quantitative estimate of drug-likeness (QED) is 0.754. The smallest absolute Gasteiger partial charge is 0.224 e. The van der Waals surface area contributed by atoms with Crippen LogP contribution in [-0.4, -0.2) is 50.7 Å². The Morgan fingerprint density at radius 2 is 2.47 bits per heavy atom. The fourth-order valence-electron chi connectivity index (χ4n) is 2.87. The number of nitrogens with zero attached hydrogens (tertiary/aromatic N) is 4. The fourth-order valence-corrected chi connectivity index (χ4v) is 2.87. The number of amides is 1. The van der Waals surface area contributed by atoms with Crippen LogP contribution in [0, 0.1) is 0 Å². The average Bonchev–Trinajstić information content (AvgIpc) is 2.94. The Balaban J connectivity index is 1.65. The molecule has 0 spiro atoms. The predicted molar refractivity (Wildman–Crippen MR) is 61.2 cm³/mol. The minimum atomic E-state index is 0.273. The molecule has 1 N–H and O–H groups in total. The highest BCUT2D eigenvalue weighted by Crippen LogP contribution is 2.25. The number of carbonyl (C=O) groups excluding carboxylic acids is 1. The normalized spacial score (nSPS) is 27.8. The number of aromatic nitrogens is 3. The molecule has 0 aliphatic carbocycles. The number of rotatable bonds is 3. The van der Waals surface area contributed by atoms with Crippen molar-refractivity contribution in [3.8, 4) is 0 Å². The number of hydrogen-bond donors (Lipinski definition) is 1. The Labute approximate surface area is 100 Å². The molecule has 3 rings (SSSR count). The van der Waals surface area contributed by atoms with E-state index in [0.29, 0.717) is 18.5 Å². The lowest BCUT2D eigenvalue weighted by atomic mass is 10.1. The van der Waals surface area contributed by atoms with Crippen LogP contribution in [-0.2, 0) is 18.3 Å². The third-order valence-corrected chi connectivity index (χ3v) is 3.81. The van der Waals surface area contributed by atoms with E-state index in [2.05, 4.69) is 15.5 Å². The van der Waals surface area contributed by atoms with Gasteiger partial charge in [-0.3, -0.25) is 4.79 Å². The largest absolute Gasteiger partial charge is 0.338 e. The molecule has 0 unspecified atom stereocenters. The highest BCUT2D eigenvalue weighted by Gasteiger charge is 2.41. The van der Waals surface area contributed by atoms with Crippen molar-refractivity contribution in [2.45, 2.75) is 31.3 Å². The molecule has 2 saturated heterocycles. The van der Waals surface area contributed by atoms with Gasteiger partial charge in [0.25, 0.3) is 0 Å². The van der Waals surface area contributed by atoms with Crippen molar-refractivity contribution < 1.29 is 4.79 Å². The van der Waals surface area contributed by atoms with Crippen LogP contribution < -0.4 is 5.32 Å². The monoisotopic (exact) mass is 235 g/mol. The van der Waals surface area contributed by atoms with Gasteiger partial charge >= 0.3 is 0 Å². The van der Waals surface area contributed by atoms with Gasteiger partial charge in [-0.15, -0.1) is 10.2 Å². The zero-order valence-corrected chi connectivity index (χ0v) is 9.96. The molecule has 1 amide bonds. The van der Waals surface area contributed by atoms with Crippen molar-refractivity contribution >= 4 is 5.91 Å². The maximum Gasteiger partial charge on any atom is 0.224 e. The van der Waals surface area contributed by atoms with E-state index in [1.165, 1.54) is 0 Å². The lowest BCUT2D eigenvalue weighted by Gasteiger charge is -2.23. The van der Waals surface area contributed by atoms with E-state index in [0.717, 1.165) is 31.8 Å². The second-order valence-electron chi connectivity index (χ2n) is 4.82. The van der Waals surface area contributed by atoms with E-state index in [1.54, 1.807) is 6.33 Å². The molecule has 2 aliphatic heterocycles. The van der Waals surface area contributed by atoms with Gasteiger partial charge in [-0.25, -0.2) is 0 Å². The van der Waals surface area contributed by atoms with Gasteiger partial charge in [0.2, 0.25) is 5.91 Å². The number of fused-ring (bicyclic) bond motifs is 1. The Kier molecular flexibility index (Phi) is 2.58. The van der Waals surface area contributed by atoms with Crippen LogP contribution in [0.15, 0.2) is 6.33 Å². The summed E-state index contributed by atoms with van der Waals surface area (Å²) in [6.07, 6.45) is 4.21. The molecule has 92 valence electrons. The summed E-state index contributed by atoms with van der Waals surface area (Å²) < 4.78 is 1.91. The molecular formula is C11H17N5O. The molecule has 0 saturated carbocycles. The highest BCUT2D eigenvalue weighted by atomic mass is 16.2. The first kappa shape index (κ1) is 10.7. The second-order valence-corrected chi connectivity index (χ2v) is 4.82. The molecule has 2 atom stereocenters. The van der Waals surface area contributed by atoms with Crippen molar-refractivity contribution in [1.82, 2.24) is 25.0 Å². The number of nitrogens with one attached hydrogen (secondary N) is 1. The molecule has 0 aromatic carbocycles. The van der Waals surface area contributed by atoms with E-state index in [9.17, 15) is 4.79 Å². The third-order valence-electron chi connectivity index (χ3n) is 3.81. The number of likely N-dealkylation sites (tertiary alicyclic amines) is 1. The van der Waals surface area contributed by atoms with Gasteiger partial charge in [0, 0.05) is 38.5 Å². The van der Waals surface area contributed by atoms with Crippen LogP contribution in [0.3, 0.4) is 0 Å². The number of carbonyl (C=O) groups is 1. The second kappa shape index (κ2) is 4.10. The average molecular weight is 235 g/mol. The molecule has 0 bridgehead atoms. The van der Waals surface area contributed by atoms with Crippen molar-refractivity contribution in [3.63, 3.8) is 0 Å². The lowest BCUT2D eigenvalue weighted by molar-refractivity contribution is -0.129. The van der Waals surface area contributed by atoms with Crippen molar-refractivity contribution in [3.05, 3.63) is 12.2 Å². The zero-order valence-electron chi connectivity index (χ0n) is 9.96. The van der Waals surface area contributed by atoms with Crippen molar-refractivity contribution in [2.75, 3.05) is 13.1 Å². The molecular weight excluding hydrogens is 218 g/mol. The minimum Gasteiger partial charge on any atom is -0.338 e. The van der Waals surface area contributed by atoms with Crippen LogP contribution >= 0.6 is 0 Å². The molecule has 3 heterocycles. The van der Waals surface area contributed by atoms with Crippen molar-refractivity contribution in [1.29, 1.82) is 0 Å². The first-order valence-corrected chi connectivity index (χ1v) is 6.11. The first-order chi connectivity index (χ1) is 8.25. The third kappa shape index (κ3) is 1.82. The predicted octanol–water partition coefficient (Wildman–Crippen LogP) is -0.680. The van der Waals surface area contributed by atoms with E-state index >= 15 is 0 Å². The summed E-state index contributed by atoms with van der Waals surface area (Å²) in [5.41, 5.74) is 0. The summed E-state index contributed by atoms with van der Waals surface area (Å²) >= 11 is 0. The van der Waals surface area contributed by atoms with E-state index in [4.69, 9.17) is 0 Å². The molecule has 17 heavy (non-hydrogen) atoms. The summed E-state index contributed by atoms with van der Waals surface area (Å²) in [6, 6.07) is 0.776. The summed E-state index contributed by atoms with van der Waals surface area (Å²) in [5, 5.41) is 11.3. The van der Waals surface area contributed by atoms with Crippen molar-refractivity contribution in [2.24, 2.45) is 7.05 Å². The van der Waals surface area contributed by atoms with Crippen LogP contribution in [0.4, 0.5) is 0 Å². The van der Waals surface area contributed by atoms with Crippen LogP contribution in [0.2, 0.25) is 0 Å². The molecule has 1 aromatic heterocycles. The Morgan fingerprint density at radius 1 is 1.59 bits per heavy atom. The standard InChI is InChI=1S/C11H17N5O/c1-15-7-13-14-10(15)3-5-16-9-2-4-12-8(9)6-11(16)17/h7-9,12H,2-6H2,1H3/t8-,9-/m1/s1. The molecule has 6 heteroatoms. The topological polar surface area (TPSA) is 63.1 Å². The Morgan fingerprint density at radius 3 is 3.24 bits per heavy atom. The molecule has 1 aromatic rings. The molecule has 6 nitrogen and oxygen atoms in total. The van der Waals surface area contributed by atoms with Gasteiger partial charge in [-0.2, -0.15) is 0 Å². The summed E-state index contributed by atoms with van der Waals surface area (Å²) in [7, 11) is 1.93. The molecule has 2 fully saturated rings. The van der Waals surface area contributed by atoms with Gasteiger partial charge in [0.05, 0.1) is 0 Å². The fraction of sp³-hybridized carbons (Fsp3) is 0.727. The van der Waals surface area contributed by atoms with Gasteiger partial charge in [-0.05, 0) is 13.0 Å². The first-order valence-electron chi connectivity index (χ1n) is 6.11. The number of hydrogen-bond acceptors (Lipinski definition) is 4. The summed E-state index contributed by atoms with van der Waals surface area (Å²) in [5.74, 6) is 1.21. The van der Waals surface area contributed by atoms with Gasteiger partial charge in [-0.1, -0.05) is 0 Å². The molecule has 2 aliphatic rings. The van der Waals surface area contributed by atoms with E-state index in [-0.39, 0.29) is 5.91 Å². The Hall–Kier alpha value is -1.43. The summed E-state index contributed by atoms with van der Waals surface area (Å²) in [4.78, 5) is 13.9. The lowest BCUT2D eigenvalue weighted by Crippen LogP contribution is -2.37. The number of aryl methyl sites for hydroxylation is 1.